The van der Waals surface area contributed by atoms with Crippen molar-refractivity contribution in [3.05, 3.63) is 164 Å². The van der Waals surface area contributed by atoms with Crippen LogP contribution in [0.25, 0.3) is 53.2 Å². The standard InChI is InChI=1S/C40H27NS/c1-3-9-28(10-4-1)29-15-21-34(22-16-29)41(33-11-5-2-6-12-33)35-23-17-30(18-24-35)31-19-25-36-32(27-31)20-26-38-37-13-7-8-14-39(37)42-40(36)38/h1-27H. The molecule has 0 saturated heterocycles. The Hall–Kier alpha value is -5.18. The Morgan fingerprint density at radius 1 is 0.357 bits per heavy atom. The Morgan fingerprint density at radius 3 is 1.60 bits per heavy atom. The molecule has 0 spiro atoms. The highest BCUT2D eigenvalue weighted by Gasteiger charge is 2.14. The van der Waals surface area contributed by atoms with Crippen molar-refractivity contribution in [2.45, 2.75) is 0 Å². The normalized spacial score (nSPS) is 11.3. The van der Waals surface area contributed by atoms with Crippen molar-refractivity contribution < 1.29 is 0 Å². The molecule has 0 aliphatic rings. The molecule has 2 heteroatoms. The second-order valence-corrected chi connectivity index (χ2v) is 11.7. The largest absolute Gasteiger partial charge is 0.311 e. The van der Waals surface area contributed by atoms with Crippen molar-refractivity contribution in [1.82, 2.24) is 0 Å². The van der Waals surface area contributed by atoms with Crippen LogP contribution < -0.4 is 4.90 Å². The van der Waals surface area contributed by atoms with E-state index in [1.54, 1.807) is 0 Å². The fourth-order valence-corrected chi connectivity index (χ4v) is 7.19. The van der Waals surface area contributed by atoms with E-state index in [1.807, 2.05) is 11.3 Å². The molecule has 0 fully saturated rings. The second-order valence-electron chi connectivity index (χ2n) is 10.6. The van der Waals surface area contributed by atoms with Crippen LogP contribution in [0.15, 0.2) is 164 Å². The maximum absolute atomic E-state index is 2.32. The summed E-state index contributed by atoms with van der Waals surface area (Å²) in [5, 5.41) is 5.29. The van der Waals surface area contributed by atoms with Crippen molar-refractivity contribution in [3.8, 4) is 22.3 Å². The molecule has 7 aromatic carbocycles. The first-order chi connectivity index (χ1) is 20.8. The van der Waals surface area contributed by atoms with Crippen molar-refractivity contribution in [2.75, 3.05) is 4.90 Å². The summed E-state index contributed by atoms with van der Waals surface area (Å²) >= 11 is 1.89. The van der Waals surface area contributed by atoms with Gasteiger partial charge in [-0.1, -0.05) is 115 Å². The van der Waals surface area contributed by atoms with Crippen molar-refractivity contribution in [3.63, 3.8) is 0 Å². The molecule has 1 heterocycles. The van der Waals surface area contributed by atoms with Gasteiger partial charge in [0.15, 0.2) is 0 Å². The number of fused-ring (bicyclic) bond motifs is 5. The van der Waals surface area contributed by atoms with Gasteiger partial charge in [-0.25, -0.2) is 0 Å². The zero-order valence-corrected chi connectivity index (χ0v) is 23.8. The van der Waals surface area contributed by atoms with Gasteiger partial charge in [-0.05, 0) is 81.6 Å². The summed E-state index contributed by atoms with van der Waals surface area (Å²) in [6, 6.07) is 59.0. The molecule has 0 radical (unpaired) electrons. The van der Waals surface area contributed by atoms with Crippen LogP contribution >= 0.6 is 11.3 Å². The van der Waals surface area contributed by atoms with Gasteiger partial charge in [-0.2, -0.15) is 0 Å². The van der Waals surface area contributed by atoms with Crippen LogP contribution in [0, 0.1) is 0 Å². The molecular weight excluding hydrogens is 527 g/mol. The van der Waals surface area contributed by atoms with E-state index >= 15 is 0 Å². The fourth-order valence-electron chi connectivity index (χ4n) is 5.95. The molecule has 0 aliphatic carbocycles. The topological polar surface area (TPSA) is 3.24 Å². The number of hydrogen-bond acceptors (Lipinski definition) is 2. The Balaban J connectivity index is 1.15. The molecule has 1 aromatic heterocycles. The average molecular weight is 554 g/mol. The molecule has 198 valence electrons. The lowest BCUT2D eigenvalue weighted by molar-refractivity contribution is 1.28. The minimum Gasteiger partial charge on any atom is -0.311 e. The highest BCUT2D eigenvalue weighted by molar-refractivity contribution is 7.26. The smallest absolute Gasteiger partial charge is 0.0462 e. The third kappa shape index (κ3) is 4.34. The molecule has 0 atom stereocenters. The second kappa shape index (κ2) is 10.3. The molecular formula is C40H27NS. The molecule has 0 amide bonds. The van der Waals surface area contributed by atoms with Crippen molar-refractivity contribution >= 4 is 59.3 Å². The van der Waals surface area contributed by atoms with Crippen LogP contribution in [0.3, 0.4) is 0 Å². The van der Waals surface area contributed by atoms with E-state index in [0.29, 0.717) is 0 Å². The monoisotopic (exact) mass is 553 g/mol. The highest BCUT2D eigenvalue weighted by atomic mass is 32.1. The summed E-state index contributed by atoms with van der Waals surface area (Å²) in [5.74, 6) is 0. The fraction of sp³-hybridized carbons (Fsp3) is 0. The van der Waals surface area contributed by atoms with Crippen LogP contribution in [-0.2, 0) is 0 Å². The predicted molar refractivity (Wildman–Crippen MR) is 182 cm³/mol. The van der Waals surface area contributed by atoms with Gasteiger partial charge in [0, 0.05) is 37.2 Å². The summed E-state index contributed by atoms with van der Waals surface area (Å²) in [5.41, 5.74) is 8.28. The van der Waals surface area contributed by atoms with Gasteiger partial charge in [0.2, 0.25) is 0 Å². The van der Waals surface area contributed by atoms with Crippen LogP contribution in [-0.4, -0.2) is 0 Å². The first-order valence-corrected chi connectivity index (χ1v) is 15.1. The molecule has 0 N–H and O–H groups in total. The summed E-state index contributed by atoms with van der Waals surface area (Å²) in [7, 11) is 0. The first kappa shape index (κ1) is 24.6. The lowest BCUT2D eigenvalue weighted by atomic mass is 9.99. The summed E-state index contributed by atoms with van der Waals surface area (Å²) in [4.78, 5) is 2.32. The van der Waals surface area contributed by atoms with Crippen molar-refractivity contribution in [2.24, 2.45) is 0 Å². The molecule has 0 unspecified atom stereocenters. The van der Waals surface area contributed by atoms with Crippen LogP contribution in [0.1, 0.15) is 0 Å². The van der Waals surface area contributed by atoms with Crippen LogP contribution in [0.5, 0.6) is 0 Å². The summed E-state index contributed by atoms with van der Waals surface area (Å²) < 4.78 is 2.71. The quantitative estimate of drug-likeness (QED) is 0.205. The summed E-state index contributed by atoms with van der Waals surface area (Å²) in [6.07, 6.45) is 0. The third-order valence-corrected chi connectivity index (χ3v) is 9.29. The lowest BCUT2D eigenvalue weighted by Gasteiger charge is -2.26. The van der Waals surface area contributed by atoms with E-state index in [2.05, 4.69) is 169 Å². The van der Waals surface area contributed by atoms with E-state index in [4.69, 9.17) is 0 Å². The van der Waals surface area contributed by atoms with E-state index in [9.17, 15) is 0 Å². The zero-order valence-electron chi connectivity index (χ0n) is 22.9. The van der Waals surface area contributed by atoms with Crippen LogP contribution in [0.2, 0.25) is 0 Å². The lowest BCUT2D eigenvalue weighted by Crippen LogP contribution is -2.09. The number of para-hydroxylation sites is 1. The number of benzene rings is 7. The Labute approximate surface area is 249 Å². The number of nitrogens with zero attached hydrogens (tertiary/aromatic N) is 1. The number of hydrogen-bond donors (Lipinski definition) is 0. The van der Waals surface area contributed by atoms with Crippen LogP contribution in [0.4, 0.5) is 17.1 Å². The van der Waals surface area contributed by atoms with E-state index < -0.39 is 0 Å². The molecule has 0 bridgehead atoms. The number of rotatable bonds is 5. The minimum atomic E-state index is 1.13. The van der Waals surface area contributed by atoms with Gasteiger partial charge < -0.3 is 4.90 Å². The SMILES string of the molecule is c1ccc(-c2ccc(N(c3ccccc3)c3ccc(-c4ccc5c(ccc6c7ccccc7sc56)c4)cc3)cc2)cc1. The summed E-state index contributed by atoms with van der Waals surface area (Å²) in [6.45, 7) is 0. The third-order valence-electron chi connectivity index (χ3n) is 8.07. The van der Waals surface area contributed by atoms with E-state index in [0.717, 1.165) is 17.1 Å². The predicted octanol–water partition coefficient (Wildman–Crippen LogP) is 12.0. The van der Waals surface area contributed by atoms with Gasteiger partial charge >= 0.3 is 0 Å². The molecule has 8 aromatic rings. The Kier molecular flexibility index (Phi) is 6.05. The van der Waals surface area contributed by atoms with E-state index in [1.165, 1.54) is 53.2 Å². The van der Waals surface area contributed by atoms with E-state index in [-0.39, 0.29) is 0 Å². The number of thiophene rings is 1. The van der Waals surface area contributed by atoms with Crippen molar-refractivity contribution in [1.29, 1.82) is 0 Å². The molecule has 0 saturated carbocycles. The Morgan fingerprint density at radius 2 is 0.881 bits per heavy atom. The van der Waals surface area contributed by atoms with Gasteiger partial charge in [0.25, 0.3) is 0 Å². The van der Waals surface area contributed by atoms with Gasteiger partial charge in [0.1, 0.15) is 0 Å². The maximum atomic E-state index is 2.32. The minimum absolute atomic E-state index is 1.13. The van der Waals surface area contributed by atoms with Gasteiger partial charge in [-0.15, -0.1) is 11.3 Å². The molecule has 8 rings (SSSR count). The highest BCUT2D eigenvalue weighted by Crippen LogP contribution is 2.40. The molecule has 42 heavy (non-hydrogen) atoms. The molecule has 0 aliphatic heterocycles. The number of anilines is 3. The zero-order chi connectivity index (χ0) is 27.9. The average Bonchev–Trinajstić information content (AvgIpc) is 3.45. The van der Waals surface area contributed by atoms with Gasteiger partial charge in [0.05, 0.1) is 0 Å². The first-order valence-electron chi connectivity index (χ1n) is 14.3. The maximum Gasteiger partial charge on any atom is 0.0462 e. The molecule has 1 nitrogen and oxygen atoms in total. The Bertz CT molecular complexity index is 2160. The van der Waals surface area contributed by atoms with Gasteiger partial charge in [-0.3, -0.25) is 0 Å².